The third kappa shape index (κ3) is 11.2. The lowest BCUT2D eigenvalue weighted by atomic mass is 9.88. The van der Waals surface area contributed by atoms with Crippen molar-refractivity contribution in [3.05, 3.63) is 101 Å². The highest BCUT2D eigenvalue weighted by Crippen LogP contribution is 2.42. The monoisotopic (exact) mass is 876 g/mol. The van der Waals surface area contributed by atoms with Gasteiger partial charge in [0.2, 0.25) is 11.9 Å². The van der Waals surface area contributed by atoms with Crippen molar-refractivity contribution >= 4 is 58.5 Å². The van der Waals surface area contributed by atoms with E-state index in [1.54, 1.807) is 36.7 Å². The van der Waals surface area contributed by atoms with Gasteiger partial charge < -0.3 is 30.0 Å². The van der Waals surface area contributed by atoms with Crippen molar-refractivity contribution in [1.82, 2.24) is 25.2 Å². The molecule has 3 aromatic carbocycles. The topological polar surface area (TPSA) is 115 Å². The first kappa shape index (κ1) is 45.2. The van der Waals surface area contributed by atoms with E-state index in [-0.39, 0.29) is 23.1 Å². The SMILES string of the molecule is CCCSNc1cccc(-c2nc(C(C)(C)C)sc2-c2ccnc(Nc3ccc(C4CCN(CC5CCN(c6ccc(C(CCC=O)C(=O)NC)cc6)CC5)CC4)cc3)n2)c1F. The summed E-state index contributed by atoms with van der Waals surface area (Å²) in [6.45, 7) is 13.9. The summed E-state index contributed by atoms with van der Waals surface area (Å²) >= 11 is 3.05. The quantitative estimate of drug-likeness (QED) is 0.0474. The molecule has 3 N–H and O–H groups in total. The second kappa shape index (κ2) is 21.0. The van der Waals surface area contributed by atoms with Gasteiger partial charge in [-0.25, -0.2) is 19.3 Å². The predicted octanol–water partition coefficient (Wildman–Crippen LogP) is 10.8. The number of aromatic nitrogens is 3. The van der Waals surface area contributed by atoms with Gasteiger partial charge in [-0.15, -0.1) is 11.3 Å². The van der Waals surface area contributed by atoms with Gasteiger partial charge in [0.05, 0.1) is 32.9 Å². The molecule has 328 valence electrons. The summed E-state index contributed by atoms with van der Waals surface area (Å²) in [5.74, 6) is 1.93. The highest BCUT2D eigenvalue weighted by Gasteiger charge is 2.28. The van der Waals surface area contributed by atoms with Gasteiger partial charge in [0.25, 0.3) is 0 Å². The Hall–Kier alpha value is -4.85. The number of benzene rings is 3. The molecule has 2 aromatic heterocycles. The molecule has 2 fully saturated rings. The van der Waals surface area contributed by atoms with Gasteiger partial charge >= 0.3 is 0 Å². The molecule has 1 atom stereocenters. The zero-order valence-corrected chi connectivity index (χ0v) is 38.4. The van der Waals surface area contributed by atoms with Gasteiger partial charge in [0, 0.05) is 67.4 Å². The molecule has 0 bridgehead atoms. The Balaban J connectivity index is 0.918. The fourth-order valence-electron chi connectivity index (χ4n) is 8.50. The van der Waals surface area contributed by atoms with Crippen molar-refractivity contribution in [1.29, 1.82) is 0 Å². The molecule has 0 saturated carbocycles. The molecule has 5 aromatic rings. The van der Waals surface area contributed by atoms with Crippen LogP contribution in [0.5, 0.6) is 0 Å². The van der Waals surface area contributed by atoms with E-state index in [0.717, 1.165) is 85.2 Å². The standard InChI is InChI=1S/C49H61FN8O2S2/c1-6-31-61-56-41-11-7-9-40(43(41)50)44-45(62-47(55-44)49(2,3)4)42-20-25-52-48(54-42)53-37-16-12-34(13-17-37)35-23-26-57(27-24-35)32-33-21-28-58(29-22-33)38-18-14-36(15-19-38)39(10-8-30-59)46(60)51-5/h7,9,11-20,25,30,33,35,39,56H,6,8,10,21-24,26-29,31-32H2,1-5H3,(H,51,60)(H,52,53,54). The van der Waals surface area contributed by atoms with Crippen LogP contribution in [0.15, 0.2) is 79.0 Å². The molecular weight excluding hydrogens is 816 g/mol. The summed E-state index contributed by atoms with van der Waals surface area (Å²) in [6.07, 6.45) is 9.18. The number of carbonyl (C=O) groups excluding carboxylic acids is 2. The van der Waals surface area contributed by atoms with Crippen molar-refractivity contribution in [2.24, 2.45) is 5.92 Å². The highest BCUT2D eigenvalue weighted by molar-refractivity contribution is 8.00. The van der Waals surface area contributed by atoms with Gasteiger partial charge in [-0.2, -0.15) is 0 Å². The predicted molar refractivity (Wildman–Crippen MR) is 255 cm³/mol. The molecule has 2 aliphatic rings. The van der Waals surface area contributed by atoms with E-state index in [2.05, 4.69) is 94.2 Å². The average molecular weight is 877 g/mol. The summed E-state index contributed by atoms with van der Waals surface area (Å²) in [4.78, 5) is 43.8. The number of aldehydes is 1. The van der Waals surface area contributed by atoms with Crippen LogP contribution in [0.25, 0.3) is 21.8 Å². The van der Waals surface area contributed by atoms with E-state index in [4.69, 9.17) is 9.97 Å². The van der Waals surface area contributed by atoms with E-state index in [1.807, 2.05) is 24.3 Å². The van der Waals surface area contributed by atoms with Crippen molar-refractivity contribution < 1.29 is 14.0 Å². The number of likely N-dealkylation sites (tertiary alicyclic amines) is 1. The molecule has 0 spiro atoms. The van der Waals surface area contributed by atoms with Gasteiger partial charge in [0.15, 0.2) is 5.82 Å². The number of nitrogens with one attached hydrogen (secondary N) is 3. The number of hydrogen-bond donors (Lipinski definition) is 3. The summed E-state index contributed by atoms with van der Waals surface area (Å²) in [6, 6.07) is 24.4. The molecule has 0 aliphatic carbocycles. The zero-order valence-electron chi connectivity index (χ0n) is 36.8. The number of nitrogens with zero attached hydrogens (tertiary/aromatic N) is 5. The minimum absolute atomic E-state index is 0.0461. The summed E-state index contributed by atoms with van der Waals surface area (Å²) in [5.41, 5.74) is 6.42. The Bertz CT molecular complexity index is 2250. The summed E-state index contributed by atoms with van der Waals surface area (Å²) in [5, 5.41) is 7.07. The maximum Gasteiger partial charge on any atom is 0.227 e. The summed E-state index contributed by atoms with van der Waals surface area (Å²) < 4.78 is 19.2. The Labute approximate surface area is 375 Å². The molecular formula is C49H61FN8O2S2. The van der Waals surface area contributed by atoms with Crippen LogP contribution in [0, 0.1) is 11.7 Å². The van der Waals surface area contributed by atoms with Crippen LogP contribution in [-0.2, 0) is 15.0 Å². The number of anilines is 4. The molecule has 1 unspecified atom stereocenters. The Morgan fingerprint density at radius 3 is 2.39 bits per heavy atom. The number of rotatable bonds is 17. The van der Waals surface area contributed by atoms with Crippen molar-refractivity contribution in [2.45, 2.75) is 89.9 Å². The van der Waals surface area contributed by atoms with Gasteiger partial charge in [0.1, 0.15) is 6.29 Å². The number of carbonyl (C=O) groups is 2. The van der Waals surface area contributed by atoms with Crippen LogP contribution in [0.2, 0.25) is 0 Å². The smallest absolute Gasteiger partial charge is 0.227 e. The molecule has 2 saturated heterocycles. The van der Waals surface area contributed by atoms with E-state index in [1.165, 1.54) is 36.0 Å². The molecule has 13 heteroatoms. The third-order valence-electron chi connectivity index (χ3n) is 12.1. The minimum atomic E-state index is -0.318. The second-order valence-electron chi connectivity index (χ2n) is 17.6. The molecule has 10 nitrogen and oxygen atoms in total. The van der Waals surface area contributed by atoms with E-state index in [9.17, 15) is 9.59 Å². The molecule has 7 rings (SSSR count). The van der Waals surface area contributed by atoms with Crippen LogP contribution in [0.4, 0.5) is 27.4 Å². The van der Waals surface area contributed by atoms with Crippen LogP contribution < -0.4 is 20.3 Å². The molecule has 2 aliphatic heterocycles. The number of likely N-dealkylation sites (N-methyl/N-ethyl adjacent to an activating group) is 1. The maximum absolute atomic E-state index is 16.0. The fraction of sp³-hybridized carbons (Fsp3) is 0.449. The zero-order chi connectivity index (χ0) is 43.6. The van der Waals surface area contributed by atoms with Crippen LogP contribution in [-0.4, -0.2) is 77.6 Å². The first-order chi connectivity index (χ1) is 30.0. The van der Waals surface area contributed by atoms with Crippen molar-refractivity contribution in [3.8, 4) is 21.8 Å². The number of halogens is 1. The molecule has 4 heterocycles. The Morgan fingerprint density at radius 1 is 0.968 bits per heavy atom. The van der Waals surface area contributed by atoms with Crippen molar-refractivity contribution in [3.63, 3.8) is 0 Å². The van der Waals surface area contributed by atoms with Crippen LogP contribution in [0.1, 0.15) is 101 Å². The van der Waals surface area contributed by atoms with E-state index >= 15 is 4.39 Å². The lowest BCUT2D eigenvalue weighted by Gasteiger charge is -2.38. The van der Waals surface area contributed by atoms with Crippen LogP contribution >= 0.6 is 23.3 Å². The van der Waals surface area contributed by atoms with E-state index < -0.39 is 0 Å². The first-order valence-electron chi connectivity index (χ1n) is 22.2. The number of amides is 1. The van der Waals surface area contributed by atoms with Gasteiger partial charge in [-0.3, -0.25) is 4.79 Å². The molecule has 0 radical (unpaired) electrons. The van der Waals surface area contributed by atoms with Gasteiger partial charge in [-0.05, 0) is 117 Å². The molecule has 62 heavy (non-hydrogen) atoms. The average Bonchev–Trinajstić information content (AvgIpc) is 3.75. The first-order valence-corrected chi connectivity index (χ1v) is 24.0. The van der Waals surface area contributed by atoms with Gasteiger partial charge in [-0.1, -0.05) is 70.0 Å². The summed E-state index contributed by atoms with van der Waals surface area (Å²) in [7, 11) is 1.65. The number of piperidine rings is 2. The second-order valence-corrected chi connectivity index (χ2v) is 19.5. The number of thiazole rings is 1. The Kier molecular flexibility index (Phi) is 15.3. The number of hydrogen-bond acceptors (Lipinski definition) is 11. The maximum atomic E-state index is 16.0. The highest BCUT2D eigenvalue weighted by atomic mass is 32.2. The lowest BCUT2D eigenvalue weighted by molar-refractivity contribution is -0.122. The van der Waals surface area contributed by atoms with Crippen LogP contribution in [0.3, 0.4) is 0 Å². The fourth-order valence-corrected chi connectivity index (χ4v) is 10.2. The molecule has 1 amide bonds. The minimum Gasteiger partial charge on any atom is -0.372 e. The third-order valence-corrected chi connectivity index (χ3v) is 14.5. The Morgan fingerprint density at radius 2 is 1.71 bits per heavy atom. The normalized spacial score (nSPS) is 15.9. The van der Waals surface area contributed by atoms with Crippen molar-refractivity contribution in [2.75, 3.05) is 60.5 Å². The largest absolute Gasteiger partial charge is 0.372 e. The lowest BCUT2D eigenvalue weighted by Crippen LogP contribution is -2.41. The van der Waals surface area contributed by atoms with E-state index in [0.29, 0.717) is 53.3 Å².